The van der Waals surface area contributed by atoms with Crippen molar-refractivity contribution in [3.05, 3.63) is 54.6 Å². The van der Waals surface area contributed by atoms with Crippen molar-refractivity contribution in [3.8, 4) is 17.0 Å². The van der Waals surface area contributed by atoms with Crippen LogP contribution in [-0.2, 0) is 0 Å². The average molecular weight is 340 g/mol. The third kappa shape index (κ3) is 4.06. The van der Waals surface area contributed by atoms with Crippen LogP contribution in [0.5, 0.6) is 5.75 Å². The maximum Gasteiger partial charge on any atom is 0.120 e. The molecule has 0 amide bonds. The first-order chi connectivity index (χ1) is 12.1. The predicted octanol–water partition coefficient (Wildman–Crippen LogP) is 3.68. The van der Waals surface area contributed by atoms with E-state index in [1.54, 1.807) is 6.07 Å². The van der Waals surface area contributed by atoms with Gasteiger partial charge in [-0.15, -0.1) is 0 Å². The van der Waals surface area contributed by atoms with Crippen LogP contribution in [0.2, 0.25) is 0 Å². The Morgan fingerprint density at radius 1 is 1.08 bits per heavy atom. The van der Waals surface area contributed by atoms with E-state index < -0.39 is 12.8 Å². The van der Waals surface area contributed by atoms with Gasteiger partial charge >= 0.3 is 0 Å². The van der Waals surface area contributed by atoms with E-state index in [1.807, 2.05) is 38.4 Å². The standard InChI is InChI=1S/C20H21FN2O2/c1-23(2)16-6-3-14(4-7-16)19-9-5-15-11-18(8-10-20(15)22-19)25-13-17(24)12-21/h3-11,17,24H,12-13H2,1-2H3/t17-/m0/s1. The molecule has 1 atom stereocenters. The zero-order valence-electron chi connectivity index (χ0n) is 14.3. The molecule has 0 saturated heterocycles. The van der Waals surface area contributed by atoms with Gasteiger partial charge in [0.15, 0.2) is 0 Å². The van der Waals surface area contributed by atoms with Crippen molar-refractivity contribution in [3.63, 3.8) is 0 Å². The summed E-state index contributed by atoms with van der Waals surface area (Å²) in [5.74, 6) is 0.588. The Hall–Kier alpha value is -2.66. The lowest BCUT2D eigenvalue weighted by Crippen LogP contribution is -2.19. The Bertz CT molecular complexity index is 850. The van der Waals surface area contributed by atoms with Crippen LogP contribution in [0.4, 0.5) is 10.1 Å². The van der Waals surface area contributed by atoms with E-state index in [9.17, 15) is 9.50 Å². The van der Waals surface area contributed by atoms with Crippen molar-refractivity contribution < 1.29 is 14.2 Å². The second-order valence-electron chi connectivity index (χ2n) is 6.11. The zero-order valence-corrected chi connectivity index (χ0v) is 14.3. The van der Waals surface area contributed by atoms with Crippen LogP contribution >= 0.6 is 0 Å². The number of ether oxygens (including phenoxy) is 1. The summed E-state index contributed by atoms with van der Waals surface area (Å²) in [6.45, 7) is -0.878. The predicted molar refractivity (Wildman–Crippen MR) is 99.0 cm³/mol. The van der Waals surface area contributed by atoms with Crippen molar-refractivity contribution in [1.82, 2.24) is 4.98 Å². The van der Waals surface area contributed by atoms with E-state index in [1.165, 1.54) is 0 Å². The fourth-order valence-corrected chi connectivity index (χ4v) is 2.52. The Labute approximate surface area is 146 Å². The minimum atomic E-state index is -1.10. The van der Waals surface area contributed by atoms with Crippen LogP contribution in [0.15, 0.2) is 54.6 Å². The summed E-state index contributed by atoms with van der Waals surface area (Å²) in [4.78, 5) is 6.75. The maximum atomic E-state index is 12.3. The molecule has 0 fully saturated rings. The minimum Gasteiger partial charge on any atom is -0.491 e. The number of rotatable bonds is 6. The number of nitrogens with zero attached hydrogens (tertiary/aromatic N) is 2. The van der Waals surface area contributed by atoms with Gasteiger partial charge in [-0.25, -0.2) is 9.37 Å². The first-order valence-corrected chi connectivity index (χ1v) is 8.12. The Morgan fingerprint density at radius 2 is 1.84 bits per heavy atom. The average Bonchev–Trinajstić information content (AvgIpc) is 2.65. The number of alkyl halides is 1. The van der Waals surface area contributed by atoms with Gasteiger partial charge in [0.2, 0.25) is 0 Å². The summed E-state index contributed by atoms with van der Waals surface area (Å²) in [7, 11) is 4.02. The molecule has 0 bridgehead atoms. The number of anilines is 1. The van der Waals surface area contributed by atoms with E-state index in [0.717, 1.165) is 27.8 Å². The number of hydrogen-bond donors (Lipinski definition) is 1. The molecule has 3 rings (SSSR count). The zero-order chi connectivity index (χ0) is 17.8. The molecule has 0 radical (unpaired) electrons. The fourth-order valence-electron chi connectivity index (χ4n) is 2.52. The molecule has 4 nitrogen and oxygen atoms in total. The highest BCUT2D eigenvalue weighted by Gasteiger charge is 2.06. The number of pyridine rings is 1. The third-order valence-electron chi connectivity index (χ3n) is 3.96. The molecule has 1 heterocycles. The lowest BCUT2D eigenvalue weighted by Gasteiger charge is -2.13. The molecule has 0 aliphatic rings. The van der Waals surface area contributed by atoms with Gasteiger partial charge in [0.25, 0.3) is 0 Å². The van der Waals surface area contributed by atoms with Crippen LogP contribution in [0.3, 0.4) is 0 Å². The van der Waals surface area contributed by atoms with E-state index in [-0.39, 0.29) is 6.61 Å². The molecule has 130 valence electrons. The van der Waals surface area contributed by atoms with E-state index in [0.29, 0.717) is 5.75 Å². The van der Waals surface area contributed by atoms with Crippen LogP contribution in [0.25, 0.3) is 22.2 Å². The van der Waals surface area contributed by atoms with Crippen LogP contribution in [0, 0.1) is 0 Å². The van der Waals surface area contributed by atoms with Gasteiger partial charge in [-0.1, -0.05) is 18.2 Å². The molecule has 2 aromatic carbocycles. The molecule has 0 aliphatic heterocycles. The molecule has 0 unspecified atom stereocenters. The van der Waals surface area contributed by atoms with Crippen molar-refractivity contribution in [2.24, 2.45) is 0 Å². The SMILES string of the molecule is CN(C)c1ccc(-c2ccc3cc(OC[C@@H](O)CF)ccc3n2)cc1. The Morgan fingerprint density at radius 3 is 2.52 bits per heavy atom. The third-order valence-corrected chi connectivity index (χ3v) is 3.96. The number of hydrogen-bond acceptors (Lipinski definition) is 4. The first kappa shape index (κ1) is 17.2. The number of aliphatic hydroxyl groups is 1. The van der Waals surface area contributed by atoms with Crippen molar-refractivity contribution >= 4 is 16.6 Å². The quantitative estimate of drug-likeness (QED) is 0.744. The smallest absolute Gasteiger partial charge is 0.120 e. The molecule has 1 N–H and O–H groups in total. The number of aliphatic hydroxyl groups excluding tert-OH is 1. The topological polar surface area (TPSA) is 45.6 Å². The number of fused-ring (bicyclic) bond motifs is 1. The summed E-state index contributed by atoms with van der Waals surface area (Å²) in [6.07, 6.45) is -1.10. The van der Waals surface area contributed by atoms with E-state index in [2.05, 4.69) is 29.2 Å². The summed E-state index contributed by atoms with van der Waals surface area (Å²) in [5, 5.41) is 10.2. The number of aromatic nitrogens is 1. The van der Waals surface area contributed by atoms with Crippen molar-refractivity contribution in [2.75, 3.05) is 32.3 Å². The molecule has 0 saturated carbocycles. The Balaban J connectivity index is 1.82. The molecule has 3 aromatic rings. The molecule has 5 heteroatoms. The van der Waals surface area contributed by atoms with Gasteiger partial charge < -0.3 is 14.7 Å². The second-order valence-corrected chi connectivity index (χ2v) is 6.11. The summed E-state index contributed by atoms with van der Waals surface area (Å²) in [5.41, 5.74) is 3.95. The number of halogens is 1. The van der Waals surface area contributed by atoms with Crippen LogP contribution < -0.4 is 9.64 Å². The van der Waals surface area contributed by atoms with Gasteiger partial charge in [0, 0.05) is 30.7 Å². The Kier molecular flexibility index (Phi) is 5.14. The maximum absolute atomic E-state index is 12.3. The molecular formula is C20H21FN2O2. The van der Waals surface area contributed by atoms with Crippen molar-refractivity contribution in [2.45, 2.75) is 6.10 Å². The van der Waals surface area contributed by atoms with Crippen LogP contribution in [-0.4, -0.2) is 43.6 Å². The van der Waals surface area contributed by atoms with Gasteiger partial charge in [-0.3, -0.25) is 0 Å². The molecule has 0 spiro atoms. The van der Waals surface area contributed by atoms with Gasteiger partial charge in [0.1, 0.15) is 25.1 Å². The molecular weight excluding hydrogens is 319 g/mol. The van der Waals surface area contributed by atoms with Gasteiger partial charge in [-0.05, 0) is 36.4 Å². The first-order valence-electron chi connectivity index (χ1n) is 8.12. The van der Waals surface area contributed by atoms with E-state index in [4.69, 9.17) is 9.72 Å². The highest BCUT2D eigenvalue weighted by molar-refractivity contribution is 5.83. The fraction of sp³-hybridized carbons (Fsp3) is 0.250. The highest BCUT2D eigenvalue weighted by atomic mass is 19.1. The molecule has 0 aliphatic carbocycles. The molecule has 1 aromatic heterocycles. The normalized spacial score (nSPS) is 12.2. The van der Waals surface area contributed by atoms with E-state index >= 15 is 0 Å². The lowest BCUT2D eigenvalue weighted by atomic mass is 10.1. The number of benzene rings is 2. The second kappa shape index (κ2) is 7.49. The lowest BCUT2D eigenvalue weighted by molar-refractivity contribution is 0.0842. The van der Waals surface area contributed by atoms with Gasteiger partial charge in [0.05, 0.1) is 11.2 Å². The monoisotopic (exact) mass is 340 g/mol. The molecule has 25 heavy (non-hydrogen) atoms. The largest absolute Gasteiger partial charge is 0.491 e. The van der Waals surface area contributed by atoms with Gasteiger partial charge in [-0.2, -0.15) is 0 Å². The summed E-state index contributed by atoms with van der Waals surface area (Å²) < 4.78 is 17.7. The highest BCUT2D eigenvalue weighted by Crippen LogP contribution is 2.25. The summed E-state index contributed by atoms with van der Waals surface area (Å²) in [6, 6.07) is 17.7. The van der Waals surface area contributed by atoms with Crippen LogP contribution in [0.1, 0.15) is 0 Å². The minimum absolute atomic E-state index is 0.0637. The summed E-state index contributed by atoms with van der Waals surface area (Å²) >= 11 is 0. The van der Waals surface area contributed by atoms with Crippen molar-refractivity contribution in [1.29, 1.82) is 0 Å².